The number of amides is 1. The molecule has 0 N–H and O–H groups in total. The van der Waals surface area contributed by atoms with Gasteiger partial charge in [-0.3, -0.25) is 9.48 Å². The van der Waals surface area contributed by atoms with Gasteiger partial charge in [-0.2, -0.15) is 0 Å². The maximum atomic E-state index is 13.0. The van der Waals surface area contributed by atoms with Crippen LogP contribution in [0.25, 0.3) is 0 Å². The van der Waals surface area contributed by atoms with Gasteiger partial charge in [0.2, 0.25) is 5.88 Å². The van der Waals surface area contributed by atoms with Gasteiger partial charge in [0.15, 0.2) is 0 Å². The molecular formula is C19H25N5O2. The number of carbonyl (C=O) groups is 1. The van der Waals surface area contributed by atoms with Crippen LogP contribution in [0, 0.1) is 5.92 Å². The molecule has 0 radical (unpaired) electrons. The predicted octanol–water partition coefficient (Wildman–Crippen LogP) is 2.50. The molecule has 2 aromatic rings. The average Bonchev–Trinajstić information content (AvgIpc) is 3.42. The molecule has 1 amide bonds. The monoisotopic (exact) mass is 355 g/mol. The zero-order valence-electron chi connectivity index (χ0n) is 15.2. The van der Waals surface area contributed by atoms with Crippen LogP contribution in [0.2, 0.25) is 0 Å². The fraction of sp³-hybridized carbons (Fsp3) is 0.579. The number of aromatic nitrogens is 4. The highest BCUT2D eigenvalue weighted by Gasteiger charge is 2.29. The Kier molecular flexibility index (Phi) is 4.86. The highest BCUT2D eigenvalue weighted by atomic mass is 16.5. The zero-order valence-corrected chi connectivity index (χ0v) is 15.2. The van der Waals surface area contributed by atoms with E-state index in [0.29, 0.717) is 29.9 Å². The number of hydrogen-bond acceptors (Lipinski definition) is 5. The first kappa shape index (κ1) is 17.0. The number of ether oxygens (including phenoxy) is 1. The van der Waals surface area contributed by atoms with Crippen LogP contribution in [0.5, 0.6) is 5.88 Å². The normalized spacial score (nSPS) is 20.2. The summed E-state index contributed by atoms with van der Waals surface area (Å²) in [5.74, 6) is 1.44. The van der Waals surface area contributed by atoms with E-state index in [1.165, 1.54) is 12.8 Å². The molecule has 0 bridgehead atoms. The lowest BCUT2D eigenvalue weighted by atomic mass is 9.97. The Balaban J connectivity index is 1.41. The van der Waals surface area contributed by atoms with E-state index >= 15 is 0 Å². The number of carbonyl (C=O) groups excluding carboxylic acids is 1. The van der Waals surface area contributed by atoms with Crippen LogP contribution in [0.15, 0.2) is 24.5 Å². The molecule has 0 spiro atoms. The summed E-state index contributed by atoms with van der Waals surface area (Å²) in [5.41, 5.74) is 1.66. The van der Waals surface area contributed by atoms with Crippen molar-refractivity contribution in [2.45, 2.75) is 45.1 Å². The van der Waals surface area contributed by atoms with Gasteiger partial charge in [-0.1, -0.05) is 5.21 Å². The molecular weight excluding hydrogens is 330 g/mol. The minimum atomic E-state index is 0.00325. The van der Waals surface area contributed by atoms with Crippen molar-refractivity contribution in [2.75, 3.05) is 19.7 Å². The maximum absolute atomic E-state index is 13.0. The summed E-state index contributed by atoms with van der Waals surface area (Å²) in [5, 5.41) is 8.56. The molecule has 1 saturated carbocycles. The van der Waals surface area contributed by atoms with Crippen LogP contribution in [-0.4, -0.2) is 50.5 Å². The Morgan fingerprint density at radius 1 is 1.35 bits per heavy atom. The van der Waals surface area contributed by atoms with Crippen molar-refractivity contribution >= 4 is 5.91 Å². The van der Waals surface area contributed by atoms with Crippen molar-refractivity contribution < 1.29 is 9.53 Å². The van der Waals surface area contributed by atoms with Gasteiger partial charge in [0.05, 0.1) is 12.3 Å². The molecule has 3 heterocycles. The summed E-state index contributed by atoms with van der Waals surface area (Å²) < 4.78 is 7.47. The second kappa shape index (κ2) is 7.43. The first-order chi connectivity index (χ1) is 12.7. The van der Waals surface area contributed by atoms with Crippen molar-refractivity contribution in [3.8, 4) is 5.88 Å². The van der Waals surface area contributed by atoms with Gasteiger partial charge >= 0.3 is 0 Å². The lowest BCUT2D eigenvalue weighted by Gasteiger charge is -2.32. The van der Waals surface area contributed by atoms with Gasteiger partial charge < -0.3 is 9.64 Å². The Hall–Kier alpha value is -2.44. The van der Waals surface area contributed by atoms with E-state index in [1.54, 1.807) is 18.3 Å². The third kappa shape index (κ3) is 3.71. The molecule has 1 aliphatic carbocycles. The summed E-state index contributed by atoms with van der Waals surface area (Å²) in [7, 11) is 0. The molecule has 26 heavy (non-hydrogen) atoms. The second-order valence-corrected chi connectivity index (χ2v) is 7.19. The SMILES string of the molecule is CCOc1ncccc1C(=O)N1CCCC(Cn2cc(C3CC3)nn2)C1. The molecule has 1 unspecified atom stereocenters. The minimum Gasteiger partial charge on any atom is -0.477 e. The van der Waals surface area contributed by atoms with Crippen LogP contribution in [-0.2, 0) is 6.54 Å². The third-order valence-corrected chi connectivity index (χ3v) is 5.09. The number of rotatable bonds is 6. The van der Waals surface area contributed by atoms with E-state index in [4.69, 9.17) is 4.74 Å². The highest BCUT2D eigenvalue weighted by molar-refractivity contribution is 5.96. The Labute approximate surface area is 153 Å². The molecule has 0 aromatic carbocycles. The van der Waals surface area contributed by atoms with Crippen LogP contribution in [0.1, 0.15) is 54.6 Å². The van der Waals surface area contributed by atoms with E-state index in [1.807, 2.05) is 16.5 Å². The largest absolute Gasteiger partial charge is 0.477 e. The summed E-state index contributed by atoms with van der Waals surface area (Å²) in [6, 6.07) is 3.58. The van der Waals surface area contributed by atoms with Gasteiger partial charge in [0.25, 0.3) is 5.91 Å². The summed E-state index contributed by atoms with van der Waals surface area (Å²) in [6.07, 6.45) is 8.31. The number of hydrogen-bond donors (Lipinski definition) is 0. The van der Waals surface area contributed by atoms with Crippen molar-refractivity contribution in [1.82, 2.24) is 24.9 Å². The van der Waals surface area contributed by atoms with E-state index in [-0.39, 0.29) is 5.91 Å². The average molecular weight is 355 g/mol. The summed E-state index contributed by atoms with van der Waals surface area (Å²) >= 11 is 0. The van der Waals surface area contributed by atoms with Gasteiger partial charge in [-0.15, -0.1) is 5.10 Å². The van der Waals surface area contributed by atoms with E-state index < -0.39 is 0 Å². The quantitative estimate of drug-likeness (QED) is 0.796. The van der Waals surface area contributed by atoms with Gasteiger partial charge in [-0.05, 0) is 50.7 Å². The standard InChI is InChI=1S/C19H25N5O2/c1-2-26-18-16(6-3-9-20-18)19(25)23-10-4-5-14(11-23)12-24-13-17(21-22-24)15-7-8-15/h3,6,9,13-15H,2,4-5,7-8,10-12H2,1H3. The molecule has 2 aliphatic rings. The van der Waals surface area contributed by atoms with E-state index in [0.717, 1.165) is 38.2 Å². The van der Waals surface area contributed by atoms with Crippen LogP contribution in [0.4, 0.5) is 0 Å². The molecule has 7 heteroatoms. The zero-order chi connectivity index (χ0) is 17.9. The number of nitrogens with zero attached hydrogens (tertiary/aromatic N) is 5. The lowest BCUT2D eigenvalue weighted by molar-refractivity contribution is 0.0654. The number of likely N-dealkylation sites (tertiary alicyclic amines) is 1. The second-order valence-electron chi connectivity index (χ2n) is 7.19. The molecule has 4 rings (SSSR count). The fourth-order valence-electron chi connectivity index (χ4n) is 3.61. The van der Waals surface area contributed by atoms with Crippen molar-refractivity contribution in [3.63, 3.8) is 0 Å². The molecule has 1 saturated heterocycles. The highest BCUT2D eigenvalue weighted by Crippen LogP contribution is 2.38. The molecule has 1 atom stereocenters. The van der Waals surface area contributed by atoms with Gasteiger partial charge in [-0.25, -0.2) is 4.98 Å². The Bertz CT molecular complexity index is 771. The van der Waals surface area contributed by atoms with Gasteiger partial charge in [0.1, 0.15) is 5.56 Å². The molecule has 2 aromatic heterocycles. The first-order valence-corrected chi connectivity index (χ1v) is 9.51. The van der Waals surface area contributed by atoms with E-state index in [9.17, 15) is 4.79 Å². The smallest absolute Gasteiger partial charge is 0.259 e. The Morgan fingerprint density at radius 3 is 3.04 bits per heavy atom. The predicted molar refractivity (Wildman–Crippen MR) is 96.0 cm³/mol. The fourth-order valence-corrected chi connectivity index (χ4v) is 3.61. The van der Waals surface area contributed by atoms with Crippen molar-refractivity contribution in [1.29, 1.82) is 0 Å². The topological polar surface area (TPSA) is 73.1 Å². The van der Waals surface area contributed by atoms with Crippen molar-refractivity contribution in [3.05, 3.63) is 35.8 Å². The van der Waals surface area contributed by atoms with Crippen LogP contribution in [0.3, 0.4) is 0 Å². The molecule has 138 valence electrons. The van der Waals surface area contributed by atoms with Crippen molar-refractivity contribution in [2.24, 2.45) is 5.92 Å². The maximum Gasteiger partial charge on any atom is 0.259 e. The lowest BCUT2D eigenvalue weighted by Crippen LogP contribution is -2.41. The van der Waals surface area contributed by atoms with E-state index in [2.05, 4.69) is 21.5 Å². The van der Waals surface area contributed by atoms with Gasteiger partial charge in [0, 0.05) is 37.9 Å². The molecule has 7 nitrogen and oxygen atoms in total. The molecule has 2 fully saturated rings. The summed E-state index contributed by atoms with van der Waals surface area (Å²) in [4.78, 5) is 19.1. The minimum absolute atomic E-state index is 0.00325. The number of pyridine rings is 1. The van der Waals surface area contributed by atoms with Crippen LogP contribution >= 0.6 is 0 Å². The third-order valence-electron chi connectivity index (χ3n) is 5.09. The number of piperidine rings is 1. The molecule has 1 aliphatic heterocycles. The Morgan fingerprint density at radius 2 is 2.23 bits per heavy atom. The summed E-state index contributed by atoms with van der Waals surface area (Å²) in [6.45, 7) is 4.72. The van der Waals surface area contributed by atoms with Crippen LogP contribution < -0.4 is 4.74 Å². The first-order valence-electron chi connectivity index (χ1n) is 9.51.